The summed E-state index contributed by atoms with van der Waals surface area (Å²) in [5.74, 6) is 0.965. The number of thiazole rings is 1. The number of likely N-dealkylation sites (N-methyl/N-ethyl adjacent to an activating group) is 1. The topological polar surface area (TPSA) is 40.5 Å². The smallest absolute Gasteiger partial charge is 0.193 e. The van der Waals surface area contributed by atoms with Crippen LogP contribution in [-0.2, 0) is 12.8 Å². The van der Waals surface area contributed by atoms with E-state index in [4.69, 9.17) is 0 Å². The molecule has 0 fully saturated rings. The maximum absolute atomic E-state index is 4.49. The zero-order valence-electron chi connectivity index (χ0n) is 13.9. The number of nitrogens with zero attached hydrogens (tertiary/aromatic N) is 3. The van der Waals surface area contributed by atoms with Gasteiger partial charge in [0.2, 0.25) is 0 Å². The molecule has 4 nitrogen and oxygen atoms in total. The molecule has 0 saturated carbocycles. The minimum atomic E-state index is 0. The van der Waals surface area contributed by atoms with Crippen molar-refractivity contribution in [3.63, 3.8) is 0 Å². The van der Waals surface area contributed by atoms with Gasteiger partial charge in [0.05, 0.1) is 5.01 Å². The van der Waals surface area contributed by atoms with Gasteiger partial charge in [0.1, 0.15) is 0 Å². The van der Waals surface area contributed by atoms with Gasteiger partial charge in [-0.2, -0.15) is 0 Å². The fourth-order valence-corrected chi connectivity index (χ4v) is 3.70. The monoisotopic (exact) mass is 464 g/mol. The largest absolute Gasteiger partial charge is 0.356 e. The Morgan fingerprint density at radius 2 is 2.17 bits per heavy atom. The molecule has 0 saturated heterocycles. The van der Waals surface area contributed by atoms with Crippen molar-refractivity contribution in [2.24, 2.45) is 4.99 Å². The van der Waals surface area contributed by atoms with Crippen LogP contribution in [0.15, 0.2) is 27.9 Å². The molecule has 0 aliphatic heterocycles. The van der Waals surface area contributed by atoms with Crippen molar-refractivity contribution in [1.29, 1.82) is 0 Å². The molecule has 0 radical (unpaired) electrons. The first-order chi connectivity index (χ1) is 10.7. The first-order valence-corrected chi connectivity index (χ1v) is 9.30. The SMILES string of the molecule is CN=C(NCCCc1nc(C)cs1)N(C)CCc1cccs1.I. The molecular formula is C16H25IN4S2. The third-order valence-electron chi connectivity index (χ3n) is 3.36. The minimum absolute atomic E-state index is 0. The van der Waals surface area contributed by atoms with E-state index in [0.29, 0.717) is 0 Å². The van der Waals surface area contributed by atoms with Crippen LogP contribution in [0.3, 0.4) is 0 Å². The van der Waals surface area contributed by atoms with E-state index in [1.165, 1.54) is 9.88 Å². The number of aromatic nitrogens is 1. The van der Waals surface area contributed by atoms with Crippen molar-refractivity contribution >= 4 is 52.6 Å². The molecule has 2 aromatic rings. The minimum Gasteiger partial charge on any atom is -0.356 e. The highest BCUT2D eigenvalue weighted by atomic mass is 127. The van der Waals surface area contributed by atoms with Gasteiger partial charge in [-0.3, -0.25) is 4.99 Å². The summed E-state index contributed by atoms with van der Waals surface area (Å²) in [6, 6.07) is 4.29. The van der Waals surface area contributed by atoms with Gasteiger partial charge in [-0.15, -0.1) is 46.7 Å². The lowest BCUT2D eigenvalue weighted by atomic mass is 10.3. The fourth-order valence-electron chi connectivity index (χ4n) is 2.18. The van der Waals surface area contributed by atoms with E-state index in [9.17, 15) is 0 Å². The molecule has 0 aliphatic rings. The second kappa shape index (κ2) is 11.0. The third kappa shape index (κ3) is 7.17. The molecule has 2 aromatic heterocycles. The van der Waals surface area contributed by atoms with Gasteiger partial charge in [-0.1, -0.05) is 6.07 Å². The van der Waals surface area contributed by atoms with Crippen LogP contribution < -0.4 is 5.32 Å². The van der Waals surface area contributed by atoms with Crippen molar-refractivity contribution < 1.29 is 0 Å². The average molecular weight is 464 g/mol. The molecule has 128 valence electrons. The Kier molecular flexibility index (Phi) is 9.73. The van der Waals surface area contributed by atoms with E-state index >= 15 is 0 Å². The Morgan fingerprint density at radius 1 is 1.35 bits per heavy atom. The highest BCUT2D eigenvalue weighted by molar-refractivity contribution is 14.0. The molecule has 0 spiro atoms. The molecule has 0 amide bonds. The number of hydrogen-bond donors (Lipinski definition) is 1. The van der Waals surface area contributed by atoms with Crippen molar-refractivity contribution in [3.8, 4) is 0 Å². The molecule has 0 aromatic carbocycles. The Balaban J connectivity index is 0.00000264. The van der Waals surface area contributed by atoms with E-state index < -0.39 is 0 Å². The third-order valence-corrected chi connectivity index (χ3v) is 5.33. The number of halogens is 1. The molecular weight excluding hydrogens is 439 g/mol. The number of rotatable bonds is 7. The van der Waals surface area contributed by atoms with Crippen LogP contribution >= 0.6 is 46.7 Å². The Labute approximate surface area is 164 Å². The lowest BCUT2D eigenvalue weighted by molar-refractivity contribution is 0.485. The van der Waals surface area contributed by atoms with Crippen LogP contribution in [-0.4, -0.2) is 43.0 Å². The number of hydrogen-bond acceptors (Lipinski definition) is 4. The number of thiophene rings is 1. The van der Waals surface area contributed by atoms with Crippen LogP contribution in [0, 0.1) is 6.92 Å². The highest BCUT2D eigenvalue weighted by Gasteiger charge is 2.06. The van der Waals surface area contributed by atoms with E-state index in [1.807, 2.05) is 25.3 Å². The van der Waals surface area contributed by atoms with Crippen LogP contribution in [0.2, 0.25) is 0 Å². The summed E-state index contributed by atoms with van der Waals surface area (Å²) in [5.41, 5.74) is 1.12. The van der Waals surface area contributed by atoms with E-state index in [0.717, 1.165) is 44.0 Å². The highest BCUT2D eigenvalue weighted by Crippen LogP contribution is 2.11. The maximum atomic E-state index is 4.49. The molecule has 23 heavy (non-hydrogen) atoms. The van der Waals surface area contributed by atoms with E-state index in [2.05, 4.69) is 50.1 Å². The predicted molar refractivity (Wildman–Crippen MR) is 113 cm³/mol. The number of guanidine groups is 1. The van der Waals surface area contributed by atoms with Crippen molar-refractivity contribution in [2.45, 2.75) is 26.2 Å². The molecule has 0 aliphatic carbocycles. The van der Waals surface area contributed by atoms with Gasteiger partial charge in [0, 0.05) is 49.6 Å². The van der Waals surface area contributed by atoms with Crippen molar-refractivity contribution in [3.05, 3.63) is 38.5 Å². The second-order valence-corrected chi connectivity index (χ2v) is 7.19. The van der Waals surface area contributed by atoms with Gasteiger partial charge < -0.3 is 10.2 Å². The van der Waals surface area contributed by atoms with Crippen LogP contribution in [0.5, 0.6) is 0 Å². The zero-order chi connectivity index (χ0) is 15.8. The fraction of sp³-hybridized carbons (Fsp3) is 0.500. The summed E-state index contributed by atoms with van der Waals surface area (Å²) >= 11 is 3.56. The Bertz CT molecular complexity index is 581. The summed E-state index contributed by atoms with van der Waals surface area (Å²) in [6.45, 7) is 3.95. The van der Waals surface area contributed by atoms with E-state index in [1.54, 1.807) is 11.3 Å². The number of aryl methyl sites for hydroxylation is 2. The van der Waals surface area contributed by atoms with Crippen molar-refractivity contribution in [2.75, 3.05) is 27.2 Å². The molecule has 2 rings (SSSR count). The molecule has 0 bridgehead atoms. The molecule has 2 heterocycles. The van der Waals surface area contributed by atoms with Gasteiger partial charge in [-0.05, 0) is 31.2 Å². The predicted octanol–water partition coefficient (Wildman–Crippen LogP) is 3.81. The average Bonchev–Trinajstić information content (AvgIpc) is 3.16. The number of aliphatic imine (C=N–C) groups is 1. The maximum Gasteiger partial charge on any atom is 0.193 e. The summed E-state index contributed by atoms with van der Waals surface area (Å²) in [4.78, 5) is 12.5. The Hall–Kier alpha value is -0.670. The lowest BCUT2D eigenvalue weighted by Crippen LogP contribution is -2.40. The van der Waals surface area contributed by atoms with Gasteiger partial charge in [0.25, 0.3) is 0 Å². The number of nitrogens with one attached hydrogen (secondary N) is 1. The summed E-state index contributed by atoms with van der Waals surface area (Å²) in [6.07, 6.45) is 3.17. The lowest BCUT2D eigenvalue weighted by Gasteiger charge is -2.21. The molecule has 0 atom stereocenters. The van der Waals surface area contributed by atoms with Crippen LogP contribution in [0.25, 0.3) is 0 Å². The van der Waals surface area contributed by atoms with Crippen LogP contribution in [0.1, 0.15) is 22.0 Å². The molecule has 7 heteroatoms. The zero-order valence-corrected chi connectivity index (χ0v) is 17.9. The molecule has 0 unspecified atom stereocenters. The van der Waals surface area contributed by atoms with Crippen LogP contribution in [0.4, 0.5) is 0 Å². The summed E-state index contributed by atoms with van der Waals surface area (Å²) < 4.78 is 0. The summed E-state index contributed by atoms with van der Waals surface area (Å²) in [7, 11) is 3.93. The van der Waals surface area contributed by atoms with Gasteiger partial charge in [-0.25, -0.2) is 4.98 Å². The van der Waals surface area contributed by atoms with E-state index in [-0.39, 0.29) is 24.0 Å². The normalized spacial score (nSPS) is 11.2. The first kappa shape index (κ1) is 20.4. The van der Waals surface area contributed by atoms with Gasteiger partial charge in [0.15, 0.2) is 5.96 Å². The quantitative estimate of drug-likeness (QED) is 0.293. The summed E-state index contributed by atoms with van der Waals surface area (Å²) in [5, 5.41) is 8.89. The Morgan fingerprint density at radius 3 is 2.78 bits per heavy atom. The first-order valence-electron chi connectivity index (χ1n) is 7.54. The molecule has 1 N–H and O–H groups in total. The van der Waals surface area contributed by atoms with Crippen molar-refractivity contribution in [1.82, 2.24) is 15.2 Å². The van der Waals surface area contributed by atoms with Gasteiger partial charge >= 0.3 is 0 Å². The standard InChI is InChI=1S/C16H24N4S2.HI/c1-13-12-22-15(19-13)7-4-9-18-16(17-2)20(3)10-8-14-6-5-11-21-14;/h5-6,11-12H,4,7-10H2,1-3H3,(H,17,18);1H. The second-order valence-electron chi connectivity index (χ2n) is 5.21.